The van der Waals surface area contributed by atoms with E-state index in [4.69, 9.17) is 10.5 Å². The summed E-state index contributed by atoms with van der Waals surface area (Å²) >= 11 is 3.44. The van der Waals surface area contributed by atoms with Crippen LogP contribution >= 0.6 is 15.9 Å². The maximum Gasteiger partial charge on any atom is 0.410 e. The van der Waals surface area contributed by atoms with Crippen molar-refractivity contribution < 1.29 is 9.53 Å². The van der Waals surface area contributed by atoms with Crippen molar-refractivity contribution >= 4 is 27.8 Å². The second-order valence-electron chi connectivity index (χ2n) is 7.16. The van der Waals surface area contributed by atoms with Gasteiger partial charge in [0.1, 0.15) is 11.4 Å². The van der Waals surface area contributed by atoms with E-state index in [-0.39, 0.29) is 18.2 Å². The number of nitrogen functional groups attached to an aromatic ring is 1. The van der Waals surface area contributed by atoms with Crippen molar-refractivity contribution in [1.29, 1.82) is 0 Å². The topological polar surface area (TPSA) is 68.5 Å². The van der Waals surface area contributed by atoms with Crippen molar-refractivity contribution in [3.63, 3.8) is 0 Å². The Bertz CT molecular complexity index is 600. The van der Waals surface area contributed by atoms with Crippen LogP contribution in [0.4, 0.5) is 10.6 Å². The number of hydrogen-bond acceptors (Lipinski definition) is 4. The lowest BCUT2D eigenvalue weighted by molar-refractivity contribution is 0.0213. The SMILES string of the molecule is CC(C)(C)OC(=O)N1[C@H]2CC[C@@H]1[C@@H](c1cnc(N)c(Br)c1)C2. The van der Waals surface area contributed by atoms with Crippen molar-refractivity contribution in [2.45, 2.75) is 63.6 Å². The molecule has 0 unspecified atom stereocenters. The molecule has 2 aliphatic heterocycles. The molecule has 2 N–H and O–H groups in total. The lowest BCUT2D eigenvalue weighted by Crippen LogP contribution is -2.40. The van der Waals surface area contributed by atoms with Crippen LogP contribution in [-0.4, -0.2) is 33.7 Å². The van der Waals surface area contributed by atoms with E-state index in [2.05, 4.69) is 20.9 Å². The van der Waals surface area contributed by atoms with E-state index in [0.717, 1.165) is 29.3 Å². The molecule has 3 atom stereocenters. The fourth-order valence-corrected chi connectivity index (χ4v) is 3.98. The molecule has 0 saturated carbocycles. The molecule has 2 aliphatic rings. The third-order valence-corrected chi connectivity index (χ3v) is 5.10. The van der Waals surface area contributed by atoms with Crippen LogP contribution in [0.1, 0.15) is 51.5 Å². The zero-order valence-corrected chi connectivity index (χ0v) is 14.8. The number of halogens is 1. The van der Waals surface area contributed by atoms with Gasteiger partial charge in [0, 0.05) is 24.2 Å². The zero-order valence-electron chi connectivity index (χ0n) is 13.2. The number of amides is 1. The van der Waals surface area contributed by atoms with Gasteiger partial charge in [-0.3, -0.25) is 0 Å². The Labute approximate surface area is 139 Å². The number of rotatable bonds is 1. The van der Waals surface area contributed by atoms with Gasteiger partial charge in [0.15, 0.2) is 0 Å². The minimum absolute atomic E-state index is 0.190. The normalized spacial score (nSPS) is 27.3. The van der Waals surface area contributed by atoms with Crippen molar-refractivity contribution in [2.24, 2.45) is 0 Å². The number of nitrogens with zero attached hydrogens (tertiary/aromatic N) is 2. The highest BCUT2D eigenvalue weighted by Gasteiger charge is 2.50. The monoisotopic (exact) mass is 367 g/mol. The molecule has 2 fully saturated rings. The van der Waals surface area contributed by atoms with Crippen LogP contribution in [0.2, 0.25) is 0 Å². The number of anilines is 1. The third kappa shape index (κ3) is 2.81. The molecule has 1 aromatic rings. The Morgan fingerprint density at radius 3 is 2.82 bits per heavy atom. The number of fused-ring (bicyclic) bond motifs is 2. The molecule has 2 saturated heterocycles. The largest absolute Gasteiger partial charge is 0.444 e. The van der Waals surface area contributed by atoms with Crippen LogP contribution in [0.15, 0.2) is 16.7 Å². The molecule has 2 bridgehead atoms. The number of hydrogen-bond donors (Lipinski definition) is 1. The van der Waals surface area contributed by atoms with Crippen LogP contribution in [0, 0.1) is 0 Å². The molecular weight excluding hydrogens is 346 g/mol. The molecule has 1 amide bonds. The first-order chi connectivity index (χ1) is 10.3. The van der Waals surface area contributed by atoms with E-state index in [1.54, 1.807) is 0 Å². The van der Waals surface area contributed by atoms with Crippen LogP contribution < -0.4 is 5.73 Å². The van der Waals surface area contributed by atoms with E-state index >= 15 is 0 Å². The van der Waals surface area contributed by atoms with Gasteiger partial charge in [0.05, 0.1) is 4.47 Å². The van der Waals surface area contributed by atoms with E-state index in [1.807, 2.05) is 37.9 Å². The minimum atomic E-state index is -0.458. The van der Waals surface area contributed by atoms with E-state index in [1.165, 1.54) is 0 Å². The molecule has 0 aromatic carbocycles. The van der Waals surface area contributed by atoms with Crippen molar-refractivity contribution in [1.82, 2.24) is 9.88 Å². The molecule has 5 nitrogen and oxygen atoms in total. The van der Waals surface area contributed by atoms with Crippen molar-refractivity contribution in [2.75, 3.05) is 5.73 Å². The fraction of sp³-hybridized carbons (Fsp3) is 0.625. The van der Waals surface area contributed by atoms with Gasteiger partial charge in [0.2, 0.25) is 0 Å². The fourth-order valence-electron chi connectivity index (χ4n) is 3.61. The maximum atomic E-state index is 12.5. The third-order valence-electron chi connectivity index (χ3n) is 4.46. The summed E-state index contributed by atoms with van der Waals surface area (Å²) in [7, 11) is 0. The van der Waals surface area contributed by atoms with Gasteiger partial charge in [0.25, 0.3) is 0 Å². The predicted octanol–water partition coefficient (Wildman–Crippen LogP) is 3.68. The average molecular weight is 368 g/mol. The second kappa shape index (κ2) is 5.41. The highest BCUT2D eigenvalue weighted by Crippen LogP contribution is 2.47. The quantitative estimate of drug-likeness (QED) is 0.821. The lowest BCUT2D eigenvalue weighted by atomic mass is 9.85. The summed E-state index contributed by atoms with van der Waals surface area (Å²) in [5.41, 5.74) is 6.45. The summed E-state index contributed by atoms with van der Waals surface area (Å²) in [4.78, 5) is 18.7. The Balaban J connectivity index is 1.81. The summed E-state index contributed by atoms with van der Waals surface area (Å²) in [6, 6.07) is 2.51. The molecule has 0 radical (unpaired) electrons. The van der Waals surface area contributed by atoms with Crippen LogP contribution in [0.3, 0.4) is 0 Å². The predicted molar refractivity (Wildman–Crippen MR) is 88.6 cm³/mol. The second-order valence-corrected chi connectivity index (χ2v) is 8.02. The van der Waals surface area contributed by atoms with Crippen LogP contribution in [-0.2, 0) is 4.74 Å². The van der Waals surface area contributed by atoms with E-state index in [0.29, 0.717) is 11.7 Å². The van der Waals surface area contributed by atoms with E-state index < -0.39 is 5.60 Å². The number of pyridine rings is 1. The average Bonchev–Trinajstić information content (AvgIpc) is 2.97. The molecule has 6 heteroatoms. The van der Waals surface area contributed by atoms with Gasteiger partial charge in [-0.15, -0.1) is 0 Å². The Morgan fingerprint density at radius 2 is 2.18 bits per heavy atom. The van der Waals surface area contributed by atoms with Crippen LogP contribution in [0.5, 0.6) is 0 Å². The number of nitrogens with two attached hydrogens (primary N) is 1. The maximum absolute atomic E-state index is 12.5. The molecular formula is C16H22BrN3O2. The van der Waals surface area contributed by atoms with Crippen LogP contribution in [0.25, 0.3) is 0 Å². The van der Waals surface area contributed by atoms with Gasteiger partial charge in [-0.25, -0.2) is 9.78 Å². The lowest BCUT2D eigenvalue weighted by Gasteiger charge is -2.28. The van der Waals surface area contributed by atoms with Gasteiger partial charge in [-0.1, -0.05) is 0 Å². The van der Waals surface area contributed by atoms with Gasteiger partial charge < -0.3 is 15.4 Å². The van der Waals surface area contributed by atoms with Gasteiger partial charge in [-0.05, 0) is 67.6 Å². The Hall–Kier alpha value is -1.30. The standard InChI is InChI=1S/C16H22BrN3O2/c1-16(2,3)22-15(21)20-10-4-5-13(20)11(7-10)9-6-12(17)14(18)19-8-9/h6,8,10-11,13H,4-5,7H2,1-3H3,(H2,18,19)/t10-,11+,13+/m0/s1. The number of carbonyl (C=O) groups is 1. The Morgan fingerprint density at radius 1 is 1.45 bits per heavy atom. The molecule has 0 aliphatic carbocycles. The van der Waals surface area contributed by atoms with Crippen molar-refractivity contribution in [3.8, 4) is 0 Å². The molecule has 120 valence electrons. The van der Waals surface area contributed by atoms with Gasteiger partial charge >= 0.3 is 6.09 Å². The molecule has 3 heterocycles. The highest BCUT2D eigenvalue weighted by molar-refractivity contribution is 9.10. The summed E-state index contributed by atoms with van der Waals surface area (Å²) in [6.45, 7) is 5.71. The Kier molecular flexibility index (Phi) is 3.83. The molecule has 1 aromatic heterocycles. The number of carbonyl (C=O) groups excluding carboxylic acids is 1. The van der Waals surface area contributed by atoms with E-state index in [9.17, 15) is 4.79 Å². The number of ether oxygens (including phenoxy) is 1. The van der Waals surface area contributed by atoms with Gasteiger partial charge in [-0.2, -0.15) is 0 Å². The summed E-state index contributed by atoms with van der Waals surface area (Å²) in [5, 5.41) is 0. The minimum Gasteiger partial charge on any atom is -0.444 e. The smallest absolute Gasteiger partial charge is 0.410 e. The first-order valence-electron chi connectivity index (χ1n) is 7.68. The van der Waals surface area contributed by atoms with Crippen molar-refractivity contribution in [3.05, 3.63) is 22.3 Å². The summed E-state index contributed by atoms with van der Waals surface area (Å²) < 4.78 is 6.39. The zero-order chi connectivity index (χ0) is 16.1. The first-order valence-corrected chi connectivity index (χ1v) is 8.48. The molecule has 22 heavy (non-hydrogen) atoms. The highest BCUT2D eigenvalue weighted by atomic mass is 79.9. The molecule has 0 spiro atoms. The molecule has 3 rings (SSSR count). The summed E-state index contributed by atoms with van der Waals surface area (Å²) in [6.07, 6.45) is 4.70. The number of aromatic nitrogens is 1. The summed E-state index contributed by atoms with van der Waals surface area (Å²) in [5.74, 6) is 0.812. The first kappa shape index (κ1) is 15.6.